The molecule has 4 atom stereocenters. The normalized spacial score (nSPS) is 13.0. The lowest BCUT2D eigenvalue weighted by atomic mass is 10.1. The van der Waals surface area contributed by atoms with E-state index in [1.54, 1.807) is 0 Å². The number of amides is 1. The molecule has 0 bridgehead atoms. The van der Waals surface area contributed by atoms with Gasteiger partial charge in [-0.25, -0.2) is 9.13 Å². The lowest BCUT2D eigenvalue weighted by molar-refractivity contribution is -0.161. The van der Waals surface area contributed by atoms with Crippen molar-refractivity contribution in [3.05, 3.63) is 48.6 Å². The fourth-order valence-electron chi connectivity index (χ4n) is 12.8. The second-order valence-corrected chi connectivity index (χ2v) is 36.2. The Bertz CT molecular complexity index is 2660. The zero-order chi connectivity index (χ0) is 90.6. The van der Waals surface area contributed by atoms with Gasteiger partial charge in [0.05, 0.1) is 26.4 Å². The second kappa shape index (κ2) is 95.0. The average Bonchev–Trinajstić information content (AvgIpc) is 0.912. The molecule has 26 heteroatoms. The number of hydrogen-bond acceptors (Lipinski definition) is 20. The first kappa shape index (κ1) is 125. The Kier molecular flexibility index (Phi) is 96.3. The van der Waals surface area contributed by atoms with E-state index in [0.29, 0.717) is 51.5 Å². The van der Waals surface area contributed by atoms with Gasteiger partial charge >= 0.3 is 51.5 Å². The van der Waals surface area contributed by atoms with Crippen LogP contribution in [-0.2, 0) is 84.5 Å². The molecule has 0 aromatic rings. The summed E-state index contributed by atoms with van der Waals surface area (Å²) in [5.74, 6) is -3.07. The third-order valence-electron chi connectivity index (χ3n) is 20.0. The monoisotopic (exact) mass is 1790 g/mol. The first-order valence-electron chi connectivity index (χ1n) is 48.5. The van der Waals surface area contributed by atoms with Crippen LogP contribution in [0.5, 0.6) is 0 Å². The highest BCUT2D eigenvalue weighted by atomic mass is 31.2. The zero-order valence-corrected chi connectivity index (χ0v) is 80.0. The fourth-order valence-corrected chi connectivity index (χ4v) is 14.4. The Morgan fingerprint density at radius 1 is 0.325 bits per heavy atom. The van der Waals surface area contributed by atoms with Crippen molar-refractivity contribution in [1.82, 2.24) is 5.32 Å². The fraction of sp³-hybridized carbons (Fsp3) is 0.845. The van der Waals surface area contributed by atoms with Gasteiger partial charge in [0.1, 0.15) is 18.8 Å². The van der Waals surface area contributed by atoms with Crippen molar-refractivity contribution >= 4 is 57.4 Å². The van der Waals surface area contributed by atoms with Crippen molar-refractivity contribution in [3.63, 3.8) is 0 Å². The molecule has 0 heterocycles. The molecule has 0 aliphatic rings. The number of carboxylic acids is 1. The number of nitrogens with one attached hydrogen (secondary N) is 1. The Morgan fingerprint density at radius 3 is 0.870 bits per heavy atom. The zero-order valence-electron chi connectivity index (χ0n) is 78.2. The van der Waals surface area contributed by atoms with Crippen LogP contribution in [0.2, 0.25) is 0 Å². The van der Waals surface area contributed by atoms with Crippen molar-refractivity contribution in [2.45, 2.75) is 472 Å². The van der Waals surface area contributed by atoms with E-state index in [1.165, 1.54) is 173 Å². The molecule has 0 saturated heterocycles. The molecule has 0 saturated carbocycles. The van der Waals surface area contributed by atoms with Gasteiger partial charge in [-0.2, -0.15) is 0 Å². The van der Waals surface area contributed by atoms with E-state index in [1.807, 2.05) is 20.8 Å². The molecule has 0 aromatic carbocycles. The number of hydrogen-bond donors (Lipinski definition) is 6. The van der Waals surface area contributed by atoms with Gasteiger partial charge in [-0.3, -0.25) is 51.7 Å². The van der Waals surface area contributed by atoms with Gasteiger partial charge in [0.15, 0.2) is 12.2 Å². The van der Waals surface area contributed by atoms with Crippen LogP contribution in [0.3, 0.4) is 0 Å². The largest absolute Gasteiger partial charge is 0.481 e. The van der Waals surface area contributed by atoms with Crippen LogP contribution in [0.4, 0.5) is 0 Å². The van der Waals surface area contributed by atoms with Gasteiger partial charge < -0.3 is 55.4 Å². The molecule has 0 aliphatic carbocycles. The molecule has 0 rings (SSSR count). The van der Waals surface area contributed by atoms with E-state index in [4.69, 9.17) is 58.4 Å². The van der Waals surface area contributed by atoms with E-state index in [0.717, 1.165) is 141 Å². The third kappa shape index (κ3) is 104. The average molecular weight is 1790 g/mol. The van der Waals surface area contributed by atoms with Crippen LogP contribution in [0.25, 0.3) is 0 Å². The Balaban J connectivity index is -0.000000989. The van der Waals surface area contributed by atoms with Crippen molar-refractivity contribution < 1.29 is 99.4 Å². The van der Waals surface area contributed by atoms with Gasteiger partial charge in [0.2, 0.25) is 5.91 Å². The van der Waals surface area contributed by atoms with Gasteiger partial charge in [-0.15, -0.1) is 0 Å². The van der Waals surface area contributed by atoms with Gasteiger partial charge in [-0.1, -0.05) is 289 Å². The minimum absolute atomic E-state index is 0. The number of unbranched alkanes of at least 4 members (excludes halogenated alkanes) is 45. The minimum atomic E-state index is -4.53. The molecule has 0 aliphatic heterocycles. The number of carbonyl (C=O) groups is 7. The van der Waals surface area contributed by atoms with Crippen LogP contribution in [0.15, 0.2) is 48.6 Å². The van der Waals surface area contributed by atoms with Crippen LogP contribution >= 0.6 is 15.6 Å². The van der Waals surface area contributed by atoms with E-state index >= 15 is 0 Å². The molecule has 24 nitrogen and oxygen atoms in total. The van der Waals surface area contributed by atoms with Gasteiger partial charge in [-0.05, 0) is 175 Å². The number of phosphoric acid groups is 2. The first-order valence-corrected chi connectivity index (χ1v) is 51.5. The Labute approximate surface area is 749 Å². The number of carbonyl (C=O) groups excluding carboxylic acids is 6. The predicted molar refractivity (Wildman–Crippen MR) is 502 cm³/mol. The highest BCUT2D eigenvalue weighted by Gasteiger charge is 2.28. The third-order valence-corrected chi connectivity index (χ3v) is 21.9. The smallest absolute Gasteiger partial charge is 0.472 e. The molecule has 123 heavy (non-hydrogen) atoms. The predicted octanol–water partition coefficient (Wildman–Crippen LogP) is 25.7. The molecule has 0 aromatic heterocycles. The quantitative estimate of drug-likeness (QED) is 0.0108. The molecule has 0 fully saturated rings. The maximum absolute atomic E-state index is 12.7. The summed E-state index contributed by atoms with van der Waals surface area (Å²) in [6.07, 6.45) is 80.1. The van der Waals surface area contributed by atoms with Gasteiger partial charge in [0, 0.05) is 58.0 Å². The summed E-state index contributed by atoms with van der Waals surface area (Å²) in [6, 6.07) is 0. The Hall–Kier alpha value is -4.61. The lowest BCUT2D eigenvalue weighted by Gasteiger charge is -2.20. The standard InChI is InChI=1S/C45H85N2O9P.C41H78NO8P.C10H18O4.CH4/c1-3-5-7-9-11-13-15-17-19-21-23-25-27-29-31-35-44(49)53-40-42(41-55-57(51,52)54-39-38-47-43(48)34-33-37-46)56-45(50)36-32-30-28-26-24-22-20-18-16-14-12-10-8-6-4-2;1-3-5-7-9-11-13-15-17-19-21-23-25-27-29-31-33-40(43)47-37-39(38-49-51(45,46)48-36-35-42)50-41(44)34-32-30-28-26-24-22-20-18-16-14-12-10-8-6-4-2;1-10(2,3)14-9(13)7-5-4-6-8(11)12;/h17-20,42H,3-16,21-41,46H2,1-2H3,(H,47,48)(H,51,52);17-20,39H,3-16,21-38,42H2,1-2H3,(H,45,46);4-7H2,1-3H3,(H,11,12);1H4/b2*19-17-,20-18-;;/t42-;39-;;/m11../s1. The number of aliphatic carboxylic acids is 1. The number of allylic oxidation sites excluding steroid dienone is 8. The van der Waals surface area contributed by atoms with E-state index < -0.39 is 76.5 Å². The summed E-state index contributed by atoms with van der Waals surface area (Å²) in [7, 11) is -8.90. The highest BCUT2D eigenvalue weighted by Crippen LogP contribution is 2.44. The minimum Gasteiger partial charge on any atom is -0.481 e. The molecule has 2 unspecified atom stereocenters. The van der Waals surface area contributed by atoms with Crippen LogP contribution in [0.1, 0.15) is 454 Å². The van der Waals surface area contributed by atoms with Crippen LogP contribution < -0.4 is 16.8 Å². The molecule has 0 radical (unpaired) electrons. The molecular weight excluding hydrogens is 1610 g/mol. The van der Waals surface area contributed by atoms with Crippen LogP contribution in [0, 0.1) is 0 Å². The summed E-state index contributed by atoms with van der Waals surface area (Å²) in [5, 5.41) is 10.9. The van der Waals surface area contributed by atoms with Crippen molar-refractivity contribution in [1.29, 1.82) is 0 Å². The maximum atomic E-state index is 12.7. The summed E-state index contributed by atoms with van der Waals surface area (Å²) in [6.45, 7) is 13.0. The topological polar surface area (TPSA) is 361 Å². The maximum Gasteiger partial charge on any atom is 0.472 e. The summed E-state index contributed by atoms with van der Waals surface area (Å²) in [4.78, 5) is 103. The number of ether oxygens (including phenoxy) is 5. The summed E-state index contributed by atoms with van der Waals surface area (Å²) >= 11 is 0. The number of carboxylic acid groups (broad SMARTS) is 1. The number of nitrogens with two attached hydrogens (primary N) is 2. The molecular formula is C97H185N3O21P2. The number of phosphoric ester groups is 2. The SMILES string of the molecule is C.CC(C)(C)OC(=O)CCCCC(=O)O.CCCCCCCC/C=C\CCCCCCCC(=O)OC[C@H](COP(=O)(O)OCCN)OC(=O)CCCCCCC/C=C\CCCCCCCC.CCCCCCCC/C=C\CCCCCCCC(=O)OC[C@H](COP(=O)(O)OCCNC(=O)CCCN)OC(=O)CCCCCCC/C=C\CCCCCCCC. The van der Waals surface area contributed by atoms with Crippen LogP contribution in [-0.4, -0.2) is 134 Å². The van der Waals surface area contributed by atoms with Crippen molar-refractivity contribution in [2.24, 2.45) is 11.5 Å². The second-order valence-electron chi connectivity index (χ2n) is 33.3. The number of rotatable bonds is 87. The summed E-state index contributed by atoms with van der Waals surface area (Å²) < 4.78 is 71.2. The van der Waals surface area contributed by atoms with E-state index in [9.17, 15) is 52.5 Å². The van der Waals surface area contributed by atoms with Crippen molar-refractivity contribution in [3.8, 4) is 0 Å². The van der Waals surface area contributed by atoms with Crippen molar-refractivity contribution in [2.75, 3.05) is 59.3 Å². The van der Waals surface area contributed by atoms with Gasteiger partial charge in [0.25, 0.3) is 0 Å². The lowest BCUT2D eigenvalue weighted by Crippen LogP contribution is -2.30. The molecule has 8 N–H and O–H groups in total. The molecule has 724 valence electrons. The van der Waals surface area contributed by atoms with E-state index in [-0.39, 0.29) is 97.3 Å². The highest BCUT2D eigenvalue weighted by molar-refractivity contribution is 7.47. The molecule has 0 spiro atoms. The number of esters is 5. The van der Waals surface area contributed by atoms with E-state index in [2.05, 4.69) is 81.6 Å². The Morgan fingerprint density at radius 2 is 0.585 bits per heavy atom. The summed E-state index contributed by atoms with van der Waals surface area (Å²) in [5.41, 5.74) is 10.3. The molecule has 1 amide bonds. The first-order chi connectivity index (χ1) is 58.9.